The van der Waals surface area contributed by atoms with E-state index in [0.717, 1.165) is 12.8 Å². The Balaban J connectivity index is 0.000000217. The van der Waals surface area contributed by atoms with Gasteiger partial charge in [0.25, 0.3) is 6.47 Å². The Morgan fingerprint density at radius 2 is 2.00 bits per heavy atom. The third-order valence-corrected chi connectivity index (χ3v) is 1.81. The van der Waals surface area contributed by atoms with Gasteiger partial charge in [-0.2, -0.15) is 0 Å². The number of aliphatic hydroxyl groups is 1. The number of carbonyl (C=O) groups excluding carboxylic acids is 1. The van der Waals surface area contributed by atoms with Crippen LogP contribution < -0.4 is 0 Å². The molecule has 0 aromatic carbocycles. The molecule has 1 aliphatic rings. The van der Waals surface area contributed by atoms with Crippen LogP contribution in [0.2, 0.25) is 0 Å². The summed E-state index contributed by atoms with van der Waals surface area (Å²) in [7, 11) is 0. The van der Waals surface area contributed by atoms with E-state index in [0.29, 0.717) is 13.1 Å². The van der Waals surface area contributed by atoms with Crippen LogP contribution in [0.25, 0.3) is 0 Å². The molecule has 1 saturated carbocycles. The van der Waals surface area contributed by atoms with Gasteiger partial charge in [0.15, 0.2) is 0 Å². The molecular weight excluding hydrogens is 156 g/mol. The summed E-state index contributed by atoms with van der Waals surface area (Å²) in [5.74, 6) is 0. The molecule has 0 amide bonds. The second-order valence-electron chi connectivity index (χ2n) is 2.84. The summed E-state index contributed by atoms with van der Waals surface area (Å²) in [6.07, 6.45) is 5.92. The quantitative estimate of drug-likeness (QED) is 0.645. The fourth-order valence-corrected chi connectivity index (χ4v) is 1.15. The molecule has 0 radical (unpaired) electrons. The van der Waals surface area contributed by atoms with Crippen molar-refractivity contribution < 1.29 is 14.6 Å². The molecule has 1 fully saturated rings. The molecule has 0 heterocycles. The molecule has 0 aliphatic heterocycles. The van der Waals surface area contributed by atoms with E-state index in [1.165, 1.54) is 19.3 Å². The molecule has 12 heavy (non-hydrogen) atoms. The van der Waals surface area contributed by atoms with Gasteiger partial charge in [-0.15, -0.1) is 0 Å². The molecule has 0 unspecified atom stereocenters. The minimum atomic E-state index is 0.0359. The minimum absolute atomic E-state index is 0.0359. The molecule has 0 aromatic rings. The Morgan fingerprint density at radius 1 is 1.42 bits per heavy atom. The Bertz CT molecular complexity index is 97.9. The first-order valence-electron chi connectivity index (χ1n) is 4.54. The van der Waals surface area contributed by atoms with Gasteiger partial charge in [0.05, 0.1) is 12.7 Å². The van der Waals surface area contributed by atoms with Crippen LogP contribution in [-0.2, 0) is 9.53 Å². The van der Waals surface area contributed by atoms with Crippen LogP contribution in [0, 0.1) is 0 Å². The van der Waals surface area contributed by atoms with Crippen molar-refractivity contribution in [3.05, 3.63) is 0 Å². The number of ether oxygens (including phenoxy) is 1. The van der Waals surface area contributed by atoms with Crippen LogP contribution in [0.15, 0.2) is 0 Å². The van der Waals surface area contributed by atoms with Crippen molar-refractivity contribution in [3.8, 4) is 0 Å². The van der Waals surface area contributed by atoms with Gasteiger partial charge < -0.3 is 9.84 Å². The van der Waals surface area contributed by atoms with E-state index < -0.39 is 0 Å². The maximum atomic E-state index is 9.18. The van der Waals surface area contributed by atoms with Crippen molar-refractivity contribution in [2.45, 2.75) is 45.1 Å². The zero-order chi connectivity index (χ0) is 9.23. The van der Waals surface area contributed by atoms with Gasteiger partial charge in [0.2, 0.25) is 0 Å². The lowest BCUT2D eigenvalue weighted by Crippen LogP contribution is -2.09. The minimum Gasteiger partial charge on any atom is -0.468 e. The normalized spacial score (nSPS) is 17.5. The number of aliphatic hydroxyl groups excluding tert-OH is 1. The molecule has 1 rings (SSSR count). The zero-order valence-electron chi connectivity index (χ0n) is 7.66. The van der Waals surface area contributed by atoms with Crippen molar-refractivity contribution in [2.24, 2.45) is 0 Å². The van der Waals surface area contributed by atoms with Gasteiger partial charge >= 0.3 is 0 Å². The van der Waals surface area contributed by atoms with Gasteiger partial charge in [-0.05, 0) is 19.8 Å². The first-order valence-corrected chi connectivity index (χ1v) is 4.54. The summed E-state index contributed by atoms with van der Waals surface area (Å²) in [6, 6.07) is 0. The Kier molecular flexibility index (Phi) is 8.12. The number of hydrogen-bond acceptors (Lipinski definition) is 3. The lowest BCUT2D eigenvalue weighted by Gasteiger charge is -2.14. The van der Waals surface area contributed by atoms with Crippen LogP contribution >= 0.6 is 0 Å². The highest BCUT2D eigenvalue weighted by Gasteiger charge is 2.07. The summed E-state index contributed by atoms with van der Waals surface area (Å²) >= 11 is 0. The van der Waals surface area contributed by atoms with E-state index in [1.807, 2.05) is 0 Å². The molecule has 1 N–H and O–H groups in total. The highest BCUT2D eigenvalue weighted by atomic mass is 16.5. The van der Waals surface area contributed by atoms with E-state index >= 15 is 0 Å². The van der Waals surface area contributed by atoms with Crippen LogP contribution in [0.4, 0.5) is 0 Å². The molecule has 3 heteroatoms. The molecule has 0 atom stereocenters. The van der Waals surface area contributed by atoms with Crippen LogP contribution in [0.1, 0.15) is 39.0 Å². The lowest BCUT2D eigenvalue weighted by atomic mass is 9.98. The first-order chi connectivity index (χ1) is 5.81. The predicted molar refractivity (Wildman–Crippen MR) is 46.8 cm³/mol. The smallest absolute Gasteiger partial charge is 0.293 e. The molecule has 0 aromatic heterocycles. The first kappa shape index (κ1) is 11.4. The number of hydrogen-bond donors (Lipinski definition) is 1. The molecule has 3 nitrogen and oxygen atoms in total. The number of rotatable bonds is 2. The van der Waals surface area contributed by atoms with Gasteiger partial charge in [-0.25, -0.2) is 0 Å². The van der Waals surface area contributed by atoms with Crippen LogP contribution in [-0.4, -0.2) is 24.3 Å². The summed E-state index contributed by atoms with van der Waals surface area (Å²) in [6.45, 7) is 2.66. The van der Waals surface area contributed by atoms with Gasteiger partial charge in [0.1, 0.15) is 0 Å². The van der Waals surface area contributed by atoms with Gasteiger partial charge in [-0.3, -0.25) is 4.79 Å². The van der Waals surface area contributed by atoms with Crippen molar-refractivity contribution >= 4 is 6.47 Å². The third kappa shape index (κ3) is 7.54. The monoisotopic (exact) mass is 174 g/mol. The zero-order valence-corrected chi connectivity index (χ0v) is 7.66. The summed E-state index contributed by atoms with van der Waals surface area (Å²) in [4.78, 5) is 9.18. The highest BCUT2D eigenvalue weighted by molar-refractivity contribution is 5.36. The third-order valence-electron chi connectivity index (χ3n) is 1.81. The fourth-order valence-electron chi connectivity index (χ4n) is 1.15. The molecule has 1 aliphatic carbocycles. The largest absolute Gasteiger partial charge is 0.468 e. The van der Waals surface area contributed by atoms with Crippen LogP contribution in [0.5, 0.6) is 0 Å². The van der Waals surface area contributed by atoms with Crippen molar-refractivity contribution in [1.29, 1.82) is 0 Å². The SMILES string of the molecule is CCOC=O.OC1CCCCC1. The van der Waals surface area contributed by atoms with E-state index in [4.69, 9.17) is 5.11 Å². The highest BCUT2D eigenvalue weighted by Crippen LogP contribution is 2.16. The van der Waals surface area contributed by atoms with Crippen molar-refractivity contribution in [1.82, 2.24) is 0 Å². The Morgan fingerprint density at radius 3 is 2.17 bits per heavy atom. The second kappa shape index (κ2) is 8.53. The van der Waals surface area contributed by atoms with Crippen molar-refractivity contribution in [2.75, 3.05) is 6.61 Å². The summed E-state index contributed by atoms with van der Waals surface area (Å²) in [5, 5.41) is 8.91. The lowest BCUT2D eigenvalue weighted by molar-refractivity contribution is -0.128. The molecule has 0 spiro atoms. The average Bonchev–Trinajstić information content (AvgIpc) is 2.08. The average molecular weight is 174 g/mol. The predicted octanol–water partition coefficient (Wildman–Crippen LogP) is 1.49. The van der Waals surface area contributed by atoms with E-state index in [-0.39, 0.29) is 6.10 Å². The van der Waals surface area contributed by atoms with Gasteiger partial charge in [-0.1, -0.05) is 19.3 Å². The van der Waals surface area contributed by atoms with Crippen LogP contribution in [0.3, 0.4) is 0 Å². The molecule has 0 bridgehead atoms. The Hall–Kier alpha value is -0.570. The maximum absolute atomic E-state index is 9.18. The molecular formula is C9H18O3. The van der Waals surface area contributed by atoms with E-state index in [9.17, 15) is 4.79 Å². The summed E-state index contributed by atoms with van der Waals surface area (Å²) < 4.78 is 4.15. The van der Waals surface area contributed by atoms with E-state index in [2.05, 4.69) is 4.74 Å². The van der Waals surface area contributed by atoms with Gasteiger partial charge in [0, 0.05) is 0 Å². The summed E-state index contributed by atoms with van der Waals surface area (Å²) in [5.41, 5.74) is 0. The molecule has 0 saturated heterocycles. The maximum Gasteiger partial charge on any atom is 0.293 e. The second-order valence-corrected chi connectivity index (χ2v) is 2.84. The topological polar surface area (TPSA) is 46.5 Å². The molecule has 72 valence electrons. The van der Waals surface area contributed by atoms with Crippen molar-refractivity contribution in [3.63, 3.8) is 0 Å². The Labute approximate surface area is 73.7 Å². The fraction of sp³-hybridized carbons (Fsp3) is 0.889. The standard InChI is InChI=1S/C6H12O.C3H6O2/c7-6-4-2-1-3-5-6;1-2-5-3-4/h6-7H,1-5H2;3H,2H2,1H3. The number of carbonyl (C=O) groups is 1. The van der Waals surface area contributed by atoms with E-state index in [1.54, 1.807) is 6.92 Å².